The quantitative estimate of drug-likeness (QED) is 0.235. The minimum atomic E-state index is -4.95. The SMILES string of the molecule is CC(C)(C)c1ccc(OOP(=O)([O-])OOc2ccc(C(C)(C)C)cc2C(C)(C)C)c(C(C)(C)C)c1.[Na+]. The molecule has 0 heterocycles. The Hall–Kier alpha value is -0.850. The second kappa shape index (κ2) is 11.5. The van der Waals surface area contributed by atoms with E-state index in [2.05, 4.69) is 41.5 Å². The molecule has 2 aromatic carbocycles. The van der Waals surface area contributed by atoms with Gasteiger partial charge in [0.15, 0.2) is 11.5 Å². The van der Waals surface area contributed by atoms with Crippen LogP contribution in [0.2, 0.25) is 0 Å². The molecule has 2 aromatic rings. The molecule has 36 heavy (non-hydrogen) atoms. The zero-order valence-electron chi connectivity index (χ0n) is 24.4. The molecule has 0 aromatic heterocycles. The molecule has 0 amide bonds. The average molecular weight is 529 g/mol. The predicted octanol–water partition coefficient (Wildman–Crippen LogP) is 4.67. The Labute approximate surface area is 239 Å². The van der Waals surface area contributed by atoms with E-state index in [1.54, 1.807) is 12.1 Å². The van der Waals surface area contributed by atoms with E-state index >= 15 is 0 Å². The summed E-state index contributed by atoms with van der Waals surface area (Å²) in [5.41, 5.74) is 3.09. The molecule has 0 saturated heterocycles. The molecule has 8 heteroatoms. The summed E-state index contributed by atoms with van der Waals surface area (Å²) in [7, 11) is -4.95. The van der Waals surface area contributed by atoms with E-state index in [0.29, 0.717) is 11.5 Å². The summed E-state index contributed by atoms with van der Waals surface area (Å²) in [6, 6.07) is 11.2. The summed E-state index contributed by atoms with van der Waals surface area (Å²) in [6.45, 7) is 24.8. The monoisotopic (exact) mass is 528 g/mol. The molecule has 0 N–H and O–H groups in total. The third kappa shape index (κ3) is 9.16. The van der Waals surface area contributed by atoms with Gasteiger partial charge in [0.2, 0.25) is 0 Å². The van der Waals surface area contributed by atoms with Gasteiger partial charge < -0.3 is 14.7 Å². The number of hydrogen-bond acceptors (Lipinski definition) is 6. The Morgan fingerprint density at radius 2 is 0.889 bits per heavy atom. The van der Waals surface area contributed by atoms with Crippen LogP contribution in [0.15, 0.2) is 36.4 Å². The zero-order chi connectivity index (χ0) is 27.0. The van der Waals surface area contributed by atoms with Crippen LogP contribution in [0.4, 0.5) is 0 Å². The summed E-state index contributed by atoms with van der Waals surface area (Å²) in [5.74, 6) is 0.602. The minimum Gasteiger partial charge on any atom is -0.751 e. The summed E-state index contributed by atoms with van der Waals surface area (Å²) in [5, 5.41) is 0. The van der Waals surface area contributed by atoms with Crippen molar-refractivity contribution in [3.8, 4) is 11.5 Å². The molecular weight excluding hydrogens is 486 g/mol. The van der Waals surface area contributed by atoms with Gasteiger partial charge in [0, 0.05) is 11.1 Å². The molecule has 0 aliphatic carbocycles. The molecule has 0 unspecified atom stereocenters. The van der Waals surface area contributed by atoms with E-state index in [1.807, 2.05) is 65.8 Å². The van der Waals surface area contributed by atoms with Crippen LogP contribution in [-0.4, -0.2) is 0 Å². The maximum Gasteiger partial charge on any atom is 1.00 e. The van der Waals surface area contributed by atoms with E-state index in [0.717, 1.165) is 22.3 Å². The first-order valence-corrected chi connectivity index (χ1v) is 13.4. The van der Waals surface area contributed by atoms with E-state index in [4.69, 9.17) is 19.1 Å². The van der Waals surface area contributed by atoms with Gasteiger partial charge in [-0.05, 0) is 44.9 Å². The van der Waals surface area contributed by atoms with Crippen molar-refractivity contribution in [1.29, 1.82) is 0 Å². The van der Waals surface area contributed by atoms with Crippen molar-refractivity contribution in [3.05, 3.63) is 58.7 Å². The van der Waals surface area contributed by atoms with Crippen molar-refractivity contribution < 1.29 is 58.1 Å². The maximum atomic E-state index is 12.5. The molecule has 0 bridgehead atoms. The first-order chi connectivity index (χ1) is 15.6. The summed E-state index contributed by atoms with van der Waals surface area (Å²) >= 11 is 0. The number of rotatable bonds is 6. The van der Waals surface area contributed by atoms with Gasteiger partial charge in [-0.15, -0.1) is 9.35 Å². The minimum absolute atomic E-state index is 0. The fourth-order valence-corrected chi connectivity index (χ4v) is 3.86. The first-order valence-electron chi connectivity index (χ1n) is 11.9. The van der Waals surface area contributed by atoms with Crippen molar-refractivity contribution >= 4 is 7.82 Å². The van der Waals surface area contributed by atoms with Gasteiger partial charge in [-0.3, -0.25) is 4.57 Å². The van der Waals surface area contributed by atoms with Crippen molar-refractivity contribution in [2.24, 2.45) is 0 Å². The van der Waals surface area contributed by atoms with Crippen LogP contribution < -0.4 is 44.2 Å². The van der Waals surface area contributed by atoms with Crippen molar-refractivity contribution in [3.63, 3.8) is 0 Å². The van der Waals surface area contributed by atoms with Crippen molar-refractivity contribution in [2.75, 3.05) is 0 Å². The molecule has 0 radical (unpaired) electrons. The summed E-state index contributed by atoms with van der Waals surface area (Å²) in [6.07, 6.45) is 0. The second-order valence-electron chi connectivity index (χ2n) is 13.2. The van der Waals surface area contributed by atoms with Crippen LogP contribution in [0.3, 0.4) is 0 Å². The van der Waals surface area contributed by atoms with E-state index in [9.17, 15) is 9.46 Å². The summed E-state index contributed by atoms with van der Waals surface area (Å²) in [4.78, 5) is 23.0. The molecule has 0 saturated carbocycles. The Morgan fingerprint density at radius 1 is 0.583 bits per heavy atom. The largest absolute Gasteiger partial charge is 1.00 e. The van der Waals surface area contributed by atoms with E-state index in [1.165, 1.54) is 0 Å². The second-order valence-corrected chi connectivity index (χ2v) is 14.4. The van der Waals surface area contributed by atoms with Crippen LogP contribution >= 0.6 is 7.82 Å². The van der Waals surface area contributed by atoms with Crippen molar-refractivity contribution in [2.45, 2.75) is 105 Å². The third-order valence-electron chi connectivity index (χ3n) is 5.74. The van der Waals surface area contributed by atoms with Crippen LogP contribution in [0.5, 0.6) is 11.5 Å². The Morgan fingerprint density at radius 3 is 1.14 bits per heavy atom. The fourth-order valence-electron chi connectivity index (χ4n) is 3.49. The van der Waals surface area contributed by atoms with Gasteiger partial charge in [-0.1, -0.05) is 107 Å². The maximum absolute atomic E-state index is 12.5. The van der Waals surface area contributed by atoms with Crippen LogP contribution in [0.1, 0.15) is 105 Å². The van der Waals surface area contributed by atoms with E-state index in [-0.39, 0.29) is 51.2 Å². The number of benzene rings is 2. The molecule has 6 nitrogen and oxygen atoms in total. The topological polar surface area (TPSA) is 77.1 Å². The van der Waals surface area contributed by atoms with E-state index < -0.39 is 7.82 Å². The van der Waals surface area contributed by atoms with Gasteiger partial charge in [-0.2, -0.15) is 0 Å². The number of hydrogen-bond donors (Lipinski definition) is 0. The Bertz CT molecular complexity index is 1000. The van der Waals surface area contributed by atoms with Gasteiger partial charge >= 0.3 is 37.4 Å². The fraction of sp³-hybridized carbons (Fsp3) is 0.571. The molecule has 0 spiro atoms. The van der Waals surface area contributed by atoms with Gasteiger partial charge in [0.1, 0.15) is 0 Å². The average Bonchev–Trinajstić information content (AvgIpc) is 2.68. The van der Waals surface area contributed by atoms with Gasteiger partial charge in [-0.25, -0.2) is 0 Å². The Kier molecular flexibility index (Phi) is 10.6. The van der Waals surface area contributed by atoms with Crippen molar-refractivity contribution in [1.82, 2.24) is 0 Å². The molecule has 196 valence electrons. The normalized spacial score (nSPS) is 13.2. The number of phosphoric acid groups is 1. The van der Waals surface area contributed by atoms with Crippen LogP contribution in [-0.2, 0) is 35.6 Å². The molecule has 0 aliphatic heterocycles. The zero-order valence-corrected chi connectivity index (χ0v) is 27.3. The summed E-state index contributed by atoms with van der Waals surface area (Å²) < 4.78 is 22.0. The molecule has 0 atom stereocenters. The van der Waals surface area contributed by atoms with Gasteiger partial charge in [0.05, 0.1) is 0 Å². The smallest absolute Gasteiger partial charge is 0.751 e. The standard InChI is InChI=1S/C28H43O6P.Na/c1-25(2,3)19-13-15-23(21(17-19)27(7,8)9)31-33-35(29,30)34-32-24-16-14-20(26(4,5)6)18-22(24)28(10,11)12;/h13-18H,1-12H3,(H,29,30);/q;+1/p-1. The molecule has 2 rings (SSSR count). The third-order valence-corrected chi connectivity index (χ3v) is 6.26. The predicted molar refractivity (Wildman–Crippen MR) is 139 cm³/mol. The van der Waals surface area contributed by atoms with Crippen LogP contribution in [0.25, 0.3) is 0 Å². The first kappa shape index (κ1) is 33.2. The van der Waals surface area contributed by atoms with Crippen LogP contribution in [0, 0.1) is 0 Å². The van der Waals surface area contributed by atoms with Gasteiger partial charge in [0.25, 0.3) is 0 Å². The molecule has 0 fully saturated rings. The Balaban J connectivity index is 0.00000648. The molecule has 0 aliphatic rings. The molecular formula is C28H42NaO6P.